The summed E-state index contributed by atoms with van der Waals surface area (Å²) in [6, 6.07) is 6.22. The van der Waals surface area contributed by atoms with Gasteiger partial charge in [0.05, 0.1) is 30.8 Å². The van der Waals surface area contributed by atoms with Crippen LogP contribution in [0.4, 0.5) is 10.2 Å². The maximum Gasteiger partial charge on any atom is 0.149 e. The van der Waals surface area contributed by atoms with Gasteiger partial charge in [0.1, 0.15) is 22.6 Å². The molecule has 0 bridgehead atoms. The second-order valence-corrected chi connectivity index (χ2v) is 4.72. The smallest absolute Gasteiger partial charge is 0.149 e. The summed E-state index contributed by atoms with van der Waals surface area (Å²) in [5.41, 5.74) is 1.70. The third kappa shape index (κ3) is 3.35. The molecule has 0 saturated heterocycles. The number of hydrogen-bond acceptors (Lipinski definition) is 4. The standard InChI is InChI=1S/C14H11ClFN5/c15-12-6-17-7-13(21-12)19-8-14-18-5-11(20-14)9-1-3-10(16)4-2-9/h1-7H,8H2,(H,18,20)(H,19,21). The topological polar surface area (TPSA) is 66.5 Å². The minimum atomic E-state index is -0.264. The van der Waals surface area contributed by atoms with E-state index in [-0.39, 0.29) is 5.82 Å². The van der Waals surface area contributed by atoms with Crippen molar-refractivity contribution in [1.29, 1.82) is 0 Å². The van der Waals surface area contributed by atoms with E-state index in [1.807, 2.05) is 0 Å². The molecular weight excluding hydrogens is 293 g/mol. The number of H-pyrrole nitrogens is 1. The fraction of sp³-hybridized carbons (Fsp3) is 0.0714. The van der Waals surface area contributed by atoms with Crippen molar-refractivity contribution in [2.45, 2.75) is 6.54 Å². The Kier molecular flexibility index (Phi) is 3.79. The van der Waals surface area contributed by atoms with E-state index < -0.39 is 0 Å². The number of nitrogens with zero attached hydrogens (tertiary/aromatic N) is 3. The van der Waals surface area contributed by atoms with Gasteiger partial charge in [-0.15, -0.1) is 0 Å². The number of anilines is 1. The fourth-order valence-corrected chi connectivity index (χ4v) is 1.98. The van der Waals surface area contributed by atoms with Crippen LogP contribution < -0.4 is 5.32 Å². The third-order valence-corrected chi connectivity index (χ3v) is 3.01. The second kappa shape index (κ2) is 5.88. The molecule has 21 heavy (non-hydrogen) atoms. The van der Waals surface area contributed by atoms with Crippen molar-refractivity contribution in [3.63, 3.8) is 0 Å². The number of imidazole rings is 1. The first-order valence-corrected chi connectivity index (χ1v) is 6.60. The SMILES string of the molecule is Fc1ccc(-c2cnc(CNc3cncc(Cl)n3)[nH]2)cc1. The third-order valence-electron chi connectivity index (χ3n) is 2.83. The van der Waals surface area contributed by atoms with Crippen molar-refractivity contribution in [1.82, 2.24) is 19.9 Å². The van der Waals surface area contributed by atoms with Gasteiger partial charge in [0.25, 0.3) is 0 Å². The lowest BCUT2D eigenvalue weighted by atomic mass is 10.2. The van der Waals surface area contributed by atoms with Crippen LogP contribution in [-0.2, 0) is 6.54 Å². The molecule has 0 spiro atoms. The molecule has 1 aromatic carbocycles. The maximum atomic E-state index is 12.9. The molecule has 0 amide bonds. The molecular formula is C14H11ClFN5. The van der Waals surface area contributed by atoms with Crippen LogP contribution in [0.2, 0.25) is 5.15 Å². The van der Waals surface area contributed by atoms with E-state index in [0.29, 0.717) is 17.5 Å². The highest BCUT2D eigenvalue weighted by Gasteiger charge is 2.04. The van der Waals surface area contributed by atoms with E-state index in [1.165, 1.54) is 18.3 Å². The van der Waals surface area contributed by atoms with E-state index in [0.717, 1.165) is 17.1 Å². The van der Waals surface area contributed by atoms with Gasteiger partial charge in [0, 0.05) is 0 Å². The average Bonchev–Trinajstić information content (AvgIpc) is 2.95. The monoisotopic (exact) mass is 303 g/mol. The van der Waals surface area contributed by atoms with Gasteiger partial charge < -0.3 is 10.3 Å². The second-order valence-electron chi connectivity index (χ2n) is 4.33. The van der Waals surface area contributed by atoms with Gasteiger partial charge in [-0.25, -0.2) is 14.4 Å². The minimum absolute atomic E-state index is 0.264. The number of hydrogen-bond donors (Lipinski definition) is 2. The predicted octanol–water partition coefficient (Wildman–Crippen LogP) is 3.27. The Hall–Kier alpha value is -2.47. The minimum Gasteiger partial charge on any atom is -0.362 e. The van der Waals surface area contributed by atoms with Crippen LogP contribution in [0.5, 0.6) is 0 Å². The van der Waals surface area contributed by atoms with Crippen molar-refractivity contribution in [3.8, 4) is 11.3 Å². The van der Waals surface area contributed by atoms with Gasteiger partial charge in [0.2, 0.25) is 0 Å². The van der Waals surface area contributed by atoms with Crippen LogP contribution in [-0.4, -0.2) is 19.9 Å². The highest BCUT2D eigenvalue weighted by molar-refractivity contribution is 6.29. The summed E-state index contributed by atoms with van der Waals surface area (Å²) in [7, 11) is 0. The zero-order chi connectivity index (χ0) is 14.7. The van der Waals surface area contributed by atoms with Gasteiger partial charge in [-0.3, -0.25) is 4.98 Å². The zero-order valence-corrected chi connectivity index (χ0v) is 11.6. The van der Waals surface area contributed by atoms with E-state index in [2.05, 4.69) is 25.3 Å². The van der Waals surface area contributed by atoms with Gasteiger partial charge in [-0.1, -0.05) is 11.6 Å². The van der Waals surface area contributed by atoms with Crippen LogP contribution in [0, 0.1) is 5.82 Å². The lowest BCUT2D eigenvalue weighted by Crippen LogP contribution is -2.03. The van der Waals surface area contributed by atoms with Crippen molar-refractivity contribution >= 4 is 17.4 Å². The molecule has 3 rings (SSSR count). The molecule has 5 nitrogen and oxygen atoms in total. The maximum absolute atomic E-state index is 12.9. The molecule has 2 N–H and O–H groups in total. The number of halogens is 2. The number of aromatic amines is 1. The highest BCUT2D eigenvalue weighted by Crippen LogP contribution is 2.17. The Labute approximate surface area is 125 Å². The Morgan fingerprint density at radius 1 is 1.14 bits per heavy atom. The number of nitrogens with one attached hydrogen (secondary N) is 2. The van der Waals surface area contributed by atoms with Crippen molar-refractivity contribution in [2.75, 3.05) is 5.32 Å². The normalized spacial score (nSPS) is 10.6. The molecule has 2 heterocycles. The summed E-state index contributed by atoms with van der Waals surface area (Å²) in [6.07, 6.45) is 4.75. The molecule has 7 heteroatoms. The molecule has 106 valence electrons. The molecule has 2 aromatic heterocycles. The Morgan fingerprint density at radius 3 is 2.71 bits per heavy atom. The molecule has 0 aliphatic heterocycles. The summed E-state index contributed by atoms with van der Waals surface area (Å²) < 4.78 is 12.9. The lowest BCUT2D eigenvalue weighted by Gasteiger charge is -2.02. The lowest BCUT2D eigenvalue weighted by molar-refractivity contribution is 0.628. The van der Waals surface area contributed by atoms with Crippen molar-refractivity contribution < 1.29 is 4.39 Å². The fourth-order valence-electron chi connectivity index (χ4n) is 1.83. The molecule has 0 saturated carbocycles. The summed E-state index contributed by atoms with van der Waals surface area (Å²) in [4.78, 5) is 15.4. The first-order chi connectivity index (χ1) is 10.2. The van der Waals surface area contributed by atoms with Crippen molar-refractivity contribution in [3.05, 3.63) is 59.7 Å². The first kappa shape index (κ1) is 13.5. The van der Waals surface area contributed by atoms with Crippen LogP contribution >= 0.6 is 11.6 Å². The van der Waals surface area contributed by atoms with E-state index in [9.17, 15) is 4.39 Å². The first-order valence-electron chi connectivity index (χ1n) is 6.22. The van der Waals surface area contributed by atoms with E-state index in [4.69, 9.17) is 11.6 Å². The largest absolute Gasteiger partial charge is 0.362 e. The summed E-state index contributed by atoms with van der Waals surface area (Å²) in [5.74, 6) is 1.04. The van der Waals surface area contributed by atoms with Crippen LogP contribution in [0.3, 0.4) is 0 Å². The van der Waals surface area contributed by atoms with Gasteiger partial charge >= 0.3 is 0 Å². The van der Waals surface area contributed by atoms with Crippen LogP contribution in [0.25, 0.3) is 11.3 Å². The Balaban J connectivity index is 1.69. The van der Waals surface area contributed by atoms with E-state index >= 15 is 0 Å². The van der Waals surface area contributed by atoms with E-state index in [1.54, 1.807) is 24.5 Å². The number of benzene rings is 1. The Bertz CT molecular complexity index is 741. The van der Waals surface area contributed by atoms with Gasteiger partial charge in [-0.05, 0) is 29.8 Å². The molecule has 0 aliphatic carbocycles. The summed E-state index contributed by atoms with van der Waals surface area (Å²) >= 11 is 5.76. The number of aromatic nitrogens is 4. The predicted molar refractivity (Wildman–Crippen MR) is 78.4 cm³/mol. The van der Waals surface area contributed by atoms with Crippen LogP contribution in [0.15, 0.2) is 42.9 Å². The summed E-state index contributed by atoms with van der Waals surface area (Å²) in [5, 5.41) is 3.39. The van der Waals surface area contributed by atoms with Gasteiger partial charge in [0.15, 0.2) is 0 Å². The molecule has 3 aromatic rings. The quantitative estimate of drug-likeness (QED) is 0.776. The molecule has 0 fully saturated rings. The van der Waals surface area contributed by atoms with Gasteiger partial charge in [-0.2, -0.15) is 0 Å². The molecule has 0 radical (unpaired) electrons. The average molecular weight is 304 g/mol. The molecule has 0 aliphatic rings. The number of rotatable bonds is 4. The summed E-state index contributed by atoms with van der Waals surface area (Å²) in [6.45, 7) is 0.455. The van der Waals surface area contributed by atoms with Crippen molar-refractivity contribution in [2.24, 2.45) is 0 Å². The Morgan fingerprint density at radius 2 is 1.95 bits per heavy atom. The van der Waals surface area contributed by atoms with Crippen LogP contribution in [0.1, 0.15) is 5.82 Å². The highest BCUT2D eigenvalue weighted by atomic mass is 35.5. The zero-order valence-electron chi connectivity index (χ0n) is 10.8. The molecule has 0 atom stereocenters. The molecule has 0 unspecified atom stereocenters.